The summed E-state index contributed by atoms with van der Waals surface area (Å²) in [6.45, 7) is 6.35. The Balaban J connectivity index is 0.00000324. The van der Waals surface area contributed by atoms with Gasteiger partial charge in [0.05, 0.1) is 13.2 Å². The predicted molar refractivity (Wildman–Crippen MR) is 78.6 cm³/mol. The second kappa shape index (κ2) is 8.39. The fourth-order valence-corrected chi connectivity index (χ4v) is 3.09. The van der Waals surface area contributed by atoms with E-state index in [-0.39, 0.29) is 18.4 Å². The van der Waals surface area contributed by atoms with E-state index in [9.17, 15) is 8.42 Å². The molecule has 0 aromatic heterocycles. The van der Waals surface area contributed by atoms with Crippen LogP contribution < -0.4 is 5.73 Å². The standard InChI is InChI=1S/C11H25N3O3S.ClH/c1-10(2)11(12)4-5-13(3)18(15,16)14-6-8-17-9-7-14;/h10-11H,4-9,12H2,1-3H3;1H. The van der Waals surface area contributed by atoms with Crippen LogP contribution in [0.3, 0.4) is 0 Å². The van der Waals surface area contributed by atoms with Crippen LogP contribution in [0.1, 0.15) is 20.3 Å². The SMILES string of the molecule is CC(C)C(N)CCN(C)S(=O)(=O)N1CCOCC1.Cl. The summed E-state index contributed by atoms with van der Waals surface area (Å²) in [6.07, 6.45) is 0.678. The van der Waals surface area contributed by atoms with Gasteiger partial charge in [0.1, 0.15) is 0 Å². The van der Waals surface area contributed by atoms with Crippen molar-refractivity contribution in [3.63, 3.8) is 0 Å². The quantitative estimate of drug-likeness (QED) is 0.764. The molecule has 19 heavy (non-hydrogen) atoms. The number of rotatable bonds is 6. The Morgan fingerprint density at radius 3 is 2.32 bits per heavy atom. The third kappa shape index (κ3) is 5.53. The van der Waals surface area contributed by atoms with Crippen molar-refractivity contribution in [2.45, 2.75) is 26.3 Å². The van der Waals surface area contributed by atoms with Crippen LogP contribution in [-0.4, -0.2) is 63.0 Å². The van der Waals surface area contributed by atoms with Crippen LogP contribution in [0.4, 0.5) is 0 Å². The number of ether oxygens (including phenoxy) is 1. The van der Waals surface area contributed by atoms with E-state index in [0.29, 0.717) is 45.2 Å². The lowest BCUT2D eigenvalue weighted by Gasteiger charge is -2.30. The van der Waals surface area contributed by atoms with Crippen LogP contribution in [0.2, 0.25) is 0 Å². The average molecular weight is 316 g/mol. The Labute approximate surface area is 122 Å². The molecule has 1 aliphatic rings. The molecule has 0 saturated carbocycles. The summed E-state index contributed by atoms with van der Waals surface area (Å²) in [5.74, 6) is 0.365. The molecule has 0 amide bonds. The van der Waals surface area contributed by atoms with Crippen molar-refractivity contribution < 1.29 is 13.2 Å². The molecule has 0 aromatic carbocycles. The zero-order valence-corrected chi connectivity index (χ0v) is 13.5. The molecule has 8 heteroatoms. The van der Waals surface area contributed by atoms with Gasteiger partial charge in [-0.05, 0) is 12.3 Å². The van der Waals surface area contributed by atoms with Gasteiger partial charge in [0.2, 0.25) is 0 Å². The molecule has 116 valence electrons. The molecular formula is C11H26ClN3O3S. The van der Waals surface area contributed by atoms with Gasteiger partial charge in [0.15, 0.2) is 0 Å². The van der Waals surface area contributed by atoms with Crippen molar-refractivity contribution in [1.29, 1.82) is 0 Å². The van der Waals surface area contributed by atoms with Crippen LogP contribution in [0.25, 0.3) is 0 Å². The Bertz CT molecular complexity index is 345. The zero-order valence-electron chi connectivity index (χ0n) is 11.9. The molecule has 0 bridgehead atoms. The summed E-state index contributed by atoms with van der Waals surface area (Å²) in [6, 6.07) is 0.0346. The second-order valence-corrected chi connectivity index (χ2v) is 7.07. The van der Waals surface area contributed by atoms with Gasteiger partial charge in [-0.25, -0.2) is 0 Å². The molecule has 2 N–H and O–H groups in total. The van der Waals surface area contributed by atoms with Crippen molar-refractivity contribution in [3.8, 4) is 0 Å². The van der Waals surface area contributed by atoms with Gasteiger partial charge in [-0.3, -0.25) is 0 Å². The van der Waals surface area contributed by atoms with Gasteiger partial charge >= 0.3 is 0 Å². The minimum atomic E-state index is -3.35. The largest absolute Gasteiger partial charge is 0.379 e. The number of nitrogens with zero attached hydrogens (tertiary/aromatic N) is 2. The first-order chi connectivity index (χ1) is 8.35. The molecule has 1 aliphatic heterocycles. The van der Waals surface area contributed by atoms with Crippen molar-refractivity contribution in [2.75, 3.05) is 39.9 Å². The summed E-state index contributed by atoms with van der Waals surface area (Å²) in [4.78, 5) is 0. The summed E-state index contributed by atoms with van der Waals surface area (Å²) < 4.78 is 32.5. The van der Waals surface area contributed by atoms with E-state index in [4.69, 9.17) is 10.5 Å². The van der Waals surface area contributed by atoms with E-state index >= 15 is 0 Å². The molecule has 1 saturated heterocycles. The first-order valence-electron chi connectivity index (χ1n) is 6.40. The third-order valence-corrected chi connectivity index (χ3v) is 5.31. The molecule has 0 spiro atoms. The maximum absolute atomic E-state index is 12.2. The van der Waals surface area contributed by atoms with Gasteiger partial charge in [-0.2, -0.15) is 17.0 Å². The highest BCUT2D eigenvalue weighted by molar-refractivity contribution is 7.86. The Hall–Kier alpha value is 0.0800. The lowest BCUT2D eigenvalue weighted by molar-refractivity contribution is 0.0705. The Morgan fingerprint density at radius 2 is 1.84 bits per heavy atom. The molecule has 1 unspecified atom stereocenters. The van der Waals surface area contributed by atoms with Gasteiger partial charge < -0.3 is 10.5 Å². The molecule has 0 aliphatic carbocycles. The number of hydrogen-bond donors (Lipinski definition) is 1. The lowest BCUT2D eigenvalue weighted by atomic mass is 10.0. The summed E-state index contributed by atoms with van der Waals surface area (Å²) >= 11 is 0. The van der Waals surface area contributed by atoms with Gasteiger partial charge in [-0.15, -0.1) is 12.4 Å². The predicted octanol–water partition coefficient (Wildman–Crippen LogP) is 0.290. The molecule has 0 radical (unpaired) electrons. The Kier molecular flexibility index (Phi) is 8.42. The molecule has 1 rings (SSSR count). The highest BCUT2D eigenvalue weighted by Crippen LogP contribution is 2.11. The fraction of sp³-hybridized carbons (Fsp3) is 1.00. The number of hydrogen-bond acceptors (Lipinski definition) is 4. The number of morpholine rings is 1. The van der Waals surface area contributed by atoms with E-state index in [1.807, 2.05) is 13.8 Å². The molecule has 6 nitrogen and oxygen atoms in total. The second-order valence-electron chi connectivity index (χ2n) is 5.04. The van der Waals surface area contributed by atoms with E-state index in [0.717, 1.165) is 0 Å². The van der Waals surface area contributed by atoms with Crippen LogP contribution in [0.15, 0.2) is 0 Å². The maximum Gasteiger partial charge on any atom is 0.281 e. The van der Waals surface area contributed by atoms with Crippen molar-refractivity contribution >= 4 is 22.6 Å². The molecule has 1 atom stereocenters. The minimum Gasteiger partial charge on any atom is -0.379 e. The van der Waals surface area contributed by atoms with E-state index in [1.165, 1.54) is 8.61 Å². The lowest BCUT2D eigenvalue weighted by Crippen LogP contribution is -2.48. The zero-order chi connectivity index (χ0) is 13.8. The smallest absolute Gasteiger partial charge is 0.281 e. The first-order valence-corrected chi connectivity index (χ1v) is 7.80. The average Bonchev–Trinajstić information content (AvgIpc) is 2.36. The minimum absolute atomic E-state index is 0. The van der Waals surface area contributed by atoms with Crippen molar-refractivity contribution in [3.05, 3.63) is 0 Å². The van der Waals surface area contributed by atoms with Crippen LogP contribution in [0, 0.1) is 5.92 Å². The van der Waals surface area contributed by atoms with Gasteiger partial charge in [-0.1, -0.05) is 13.8 Å². The van der Waals surface area contributed by atoms with Gasteiger partial charge in [0, 0.05) is 32.7 Å². The number of halogens is 1. The van der Waals surface area contributed by atoms with Crippen LogP contribution in [-0.2, 0) is 14.9 Å². The normalized spacial score (nSPS) is 19.5. The van der Waals surface area contributed by atoms with Crippen molar-refractivity contribution in [2.24, 2.45) is 11.7 Å². The van der Waals surface area contributed by atoms with Gasteiger partial charge in [0.25, 0.3) is 10.2 Å². The molecule has 1 fully saturated rings. The molecule has 1 heterocycles. The highest BCUT2D eigenvalue weighted by Gasteiger charge is 2.28. The van der Waals surface area contributed by atoms with E-state index in [2.05, 4.69) is 0 Å². The highest BCUT2D eigenvalue weighted by atomic mass is 35.5. The van der Waals surface area contributed by atoms with Crippen LogP contribution in [0.5, 0.6) is 0 Å². The maximum atomic E-state index is 12.2. The topological polar surface area (TPSA) is 75.9 Å². The molecular weight excluding hydrogens is 290 g/mol. The first kappa shape index (κ1) is 19.1. The monoisotopic (exact) mass is 315 g/mol. The van der Waals surface area contributed by atoms with Crippen LogP contribution >= 0.6 is 12.4 Å². The summed E-state index contributed by atoms with van der Waals surface area (Å²) in [7, 11) is -1.74. The summed E-state index contributed by atoms with van der Waals surface area (Å²) in [5, 5.41) is 0. The third-order valence-electron chi connectivity index (χ3n) is 3.32. The van der Waals surface area contributed by atoms with E-state index < -0.39 is 10.2 Å². The Morgan fingerprint density at radius 1 is 1.32 bits per heavy atom. The molecule has 0 aromatic rings. The fourth-order valence-electron chi connectivity index (χ4n) is 1.75. The van der Waals surface area contributed by atoms with E-state index in [1.54, 1.807) is 7.05 Å². The number of nitrogens with two attached hydrogens (primary N) is 1. The summed E-state index contributed by atoms with van der Waals surface area (Å²) in [5.41, 5.74) is 5.93. The van der Waals surface area contributed by atoms with Crippen molar-refractivity contribution in [1.82, 2.24) is 8.61 Å².